The van der Waals surface area contributed by atoms with Crippen LogP contribution in [0.3, 0.4) is 0 Å². The minimum Gasteiger partial charge on any atom is -0.313 e. The molecule has 0 aliphatic rings. The summed E-state index contributed by atoms with van der Waals surface area (Å²) in [4.78, 5) is 0. The smallest absolute Gasteiger partial charge is 0.0628 e. The minimum atomic E-state index is 0.397. The normalized spacial score (nSPS) is 12.7. The zero-order valence-electron chi connectivity index (χ0n) is 13.2. The predicted octanol–water partition coefficient (Wildman–Crippen LogP) is 3.24. The Morgan fingerprint density at radius 3 is 2.55 bits per heavy atom. The summed E-state index contributed by atoms with van der Waals surface area (Å²) in [7, 11) is 4.05. The monoisotopic (exact) mass is 271 g/mol. The van der Waals surface area contributed by atoms with Crippen LogP contribution >= 0.6 is 0 Å². The fourth-order valence-corrected chi connectivity index (χ4v) is 2.83. The summed E-state index contributed by atoms with van der Waals surface area (Å²) < 4.78 is 1.98. The Bertz CT molecular complexity index is 584. The van der Waals surface area contributed by atoms with Crippen molar-refractivity contribution < 1.29 is 0 Å². The summed E-state index contributed by atoms with van der Waals surface area (Å²) in [5.74, 6) is 0. The molecular weight excluding hydrogens is 246 g/mol. The average Bonchev–Trinajstić information content (AvgIpc) is 2.65. The first-order valence-electron chi connectivity index (χ1n) is 7.25. The van der Waals surface area contributed by atoms with Crippen molar-refractivity contribution >= 4 is 0 Å². The van der Waals surface area contributed by atoms with E-state index in [1.54, 1.807) is 0 Å². The number of hydrogen-bond donors (Lipinski definition) is 1. The minimum absolute atomic E-state index is 0.397. The third-order valence-electron chi connectivity index (χ3n) is 4.13. The first-order chi connectivity index (χ1) is 9.52. The van der Waals surface area contributed by atoms with Gasteiger partial charge in [0.25, 0.3) is 0 Å². The molecule has 1 heterocycles. The number of rotatable bonds is 5. The van der Waals surface area contributed by atoms with Crippen LogP contribution in [0.1, 0.15) is 40.5 Å². The Morgan fingerprint density at radius 1 is 1.25 bits per heavy atom. The third-order valence-corrected chi connectivity index (χ3v) is 4.13. The molecule has 0 saturated carbocycles. The molecule has 0 amide bonds. The van der Waals surface area contributed by atoms with E-state index in [-0.39, 0.29) is 0 Å². The molecule has 1 atom stereocenters. The van der Waals surface area contributed by atoms with Gasteiger partial charge < -0.3 is 5.32 Å². The van der Waals surface area contributed by atoms with Crippen molar-refractivity contribution in [3.8, 4) is 0 Å². The van der Waals surface area contributed by atoms with Crippen molar-refractivity contribution in [2.45, 2.75) is 39.7 Å². The van der Waals surface area contributed by atoms with Gasteiger partial charge in [-0.25, -0.2) is 0 Å². The van der Waals surface area contributed by atoms with Gasteiger partial charge in [-0.15, -0.1) is 0 Å². The van der Waals surface area contributed by atoms with Crippen LogP contribution in [-0.4, -0.2) is 16.8 Å². The van der Waals surface area contributed by atoms with Gasteiger partial charge in [0, 0.05) is 18.8 Å². The Kier molecular flexibility index (Phi) is 4.61. The maximum Gasteiger partial charge on any atom is 0.0628 e. The second-order valence-electron chi connectivity index (χ2n) is 5.57. The van der Waals surface area contributed by atoms with Gasteiger partial charge in [0.1, 0.15) is 0 Å². The van der Waals surface area contributed by atoms with E-state index in [4.69, 9.17) is 0 Å². The van der Waals surface area contributed by atoms with E-state index in [1.165, 1.54) is 22.4 Å². The molecule has 0 aliphatic heterocycles. The Balaban J connectivity index is 2.11. The first-order valence-corrected chi connectivity index (χ1v) is 7.25. The summed E-state index contributed by atoms with van der Waals surface area (Å²) >= 11 is 0. The quantitative estimate of drug-likeness (QED) is 0.904. The molecule has 2 aromatic rings. The second-order valence-corrected chi connectivity index (χ2v) is 5.57. The van der Waals surface area contributed by atoms with E-state index in [1.807, 2.05) is 18.8 Å². The molecule has 3 heteroatoms. The van der Waals surface area contributed by atoms with E-state index >= 15 is 0 Å². The summed E-state index contributed by atoms with van der Waals surface area (Å²) in [5.41, 5.74) is 6.51. The molecule has 3 nitrogen and oxygen atoms in total. The highest BCUT2D eigenvalue weighted by Crippen LogP contribution is 2.22. The van der Waals surface area contributed by atoms with Crippen molar-refractivity contribution in [3.63, 3.8) is 0 Å². The van der Waals surface area contributed by atoms with Gasteiger partial charge in [0.05, 0.1) is 5.69 Å². The van der Waals surface area contributed by atoms with Gasteiger partial charge in [-0.3, -0.25) is 4.68 Å². The van der Waals surface area contributed by atoms with Gasteiger partial charge >= 0.3 is 0 Å². The highest BCUT2D eigenvalue weighted by atomic mass is 15.3. The van der Waals surface area contributed by atoms with Crippen LogP contribution in [-0.2, 0) is 13.5 Å². The molecular formula is C17H25N3. The molecule has 1 aromatic heterocycles. The number of aromatic nitrogens is 2. The van der Waals surface area contributed by atoms with Crippen molar-refractivity contribution in [1.29, 1.82) is 0 Å². The topological polar surface area (TPSA) is 29.9 Å². The lowest BCUT2D eigenvalue weighted by atomic mass is 9.97. The summed E-state index contributed by atoms with van der Waals surface area (Å²) in [6, 6.07) is 9.15. The number of hydrogen-bond acceptors (Lipinski definition) is 2. The lowest BCUT2D eigenvalue weighted by Gasteiger charge is -2.17. The maximum atomic E-state index is 4.50. The molecule has 0 fully saturated rings. The van der Waals surface area contributed by atoms with Crippen LogP contribution < -0.4 is 5.32 Å². The Morgan fingerprint density at radius 2 is 2.00 bits per heavy atom. The summed E-state index contributed by atoms with van der Waals surface area (Å²) in [5, 5.41) is 7.93. The largest absolute Gasteiger partial charge is 0.313 e. The lowest BCUT2D eigenvalue weighted by Crippen LogP contribution is -2.17. The third kappa shape index (κ3) is 3.10. The van der Waals surface area contributed by atoms with Crippen LogP contribution in [0, 0.1) is 20.8 Å². The molecule has 1 aromatic carbocycles. The first kappa shape index (κ1) is 14.8. The zero-order valence-corrected chi connectivity index (χ0v) is 13.2. The number of benzene rings is 1. The number of nitrogens with zero attached hydrogens (tertiary/aromatic N) is 2. The fourth-order valence-electron chi connectivity index (χ4n) is 2.83. The molecule has 0 radical (unpaired) electrons. The Labute approximate surface area is 122 Å². The number of nitrogens with one attached hydrogen (secondary N) is 1. The predicted molar refractivity (Wildman–Crippen MR) is 84.0 cm³/mol. The molecule has 108 valence electrons. The van der Waals surface area contributed by atoms with E-state index in [9.17, 15) is 0 Å². The SMILES string of the molecule is CNC(CCc1c(C)nn(C)c1C)c1cccc(C)c1. The summed E-state index contributed by atoms with van der Waals surface area (Å²) in [6.07, 6.45) is 2.15. The molecule has 2 rings (SSSR count). The highest BCUT2D eigenvalue weighted by molar-refractivity contribution is 5.27. The molecule has 1 unspecified atom stereocenters. The summed E-state index contributed by atoms with van der Waals surface area (Å²) in [6.45, 7) is 6.39. The average molecular weight is 271 g/mol. The van der Waals surface area contributed by atoms with Gasteiger partial charge in [0.2, 0.25) is 0 Å². The molecule has 0 aliphatic carbocycles. The van der Waals surface area contributed by atoms with E-state index in [0.29, 0.717) is 6.04 Å². The van der Waals surface area contributed by atoms with Crippen LogP contribution in [0.15, 0.2) is 24.3 Å². The van der Waals surface area contributed by atoms with E-state index < -0.39 is 0 Å². The van der Waals surface area contributed by atoms with Crippen LogP contribution in [0.5, 0.6) is 0 Å². The van der Waals surface area contributed by atoms with Gasteiger partial charge in [-0.2, -0.15) is 5.10 Å². The van der Waals surface area contributed by atoms with Crippen LogP contribution in [0.2, 0.25) is 0 Å². The second kappa shape index (κ2) is 6.23. The van der Waals surface area contributed by atoms with Gasteiger partial charge in [0.15, 0.2) is 0 Å². The molecule has 0 bridgehead atoms. The number of aryl methyl sites for hydroxylation is 3. The fraction of sp³-hybridized carbons (Fsp3) is 0.471. The van der Waals surface area contributed by atoms with Crippen LogP contribution in [0.4, 0.5) is 0 Å². The van der Waals surface area contributed by atoms with Crippen molar-refractivity contribution in [2.24, 2.45) is 7.05 Å². The van der Waals surface area contributed by atoms with Crippen LogP contribution in [0.25, 0.3) is 0 Å². The van der Waals surface area contributed by atoms with Crippen molar-refractivity contribution in [2.75, 3.05) is 7.05 Å². The van der Waals surface area contributed by atoms with Gasteiger partial charge in [-0.1, -0.05) is 29.8 Å². The Hall–Kier alpha value is -1.61. The molecule has 1 N–H and O–H groups in total. The van der Waals surface area contributed by atoms with Crippen molar-refractivity contribution in [1.82, 2.24) is 15.1 Å². The van der Waals surface area contributed by atoms with E-state index in [0.717, 1.165) is 18.5 Å². The maximum absolute atomic E-state index is 4.50. The van der Waals surface area contributed by atoms with Gasteiger partial charge in [-0.05, 0) is 51.8 Å². The molecule has 20 heavy (non-hydrogen) atoms. The molecule has 0 saturated heterocycles. The lowest BCUT2D eigenvalue weighted by molar-refractivity contribution is 0.547. The van der Waals surface area contributed by atoms with Crippen molar-refractivity contribution in [3.05, 3.63) is 52.3 Å². The van der Waals surface area contributed by atoms with E-state index in [2.05, 4.69) is 55.5 Å². The standard InChI is InChI=1S/C17H25N3/c1-12-7-6-8-15(11-12)17(18-4)10-9-16-13(2)19-20(5)14(16)3/h6-8,11,17-18H,9-10H2,1-5H3. The highest BCUT2D eigenvalue weighted by Gasteiger charge is 2.14. The molecule has 0 spiro atoms. The zero-order chi connectivity index (χ0) is 14.7.